The number of ether oxygens (including phenoxy) is 1. The minimum Gasteiger partial charge on any atom is -0.468 e. The zero-order valence-corrected chi connectivity index (χ0v) is 12.9. The second kappa shape index (κ2) is 6.40. The van der Waals surface area contributed by atoms with E-state index >= 15 is 0 Å². The number of nitrogens with zero attached hydrogens (tertiary/aromatic N) is 1. The van der Waals surface area contributed by atoms with E-state index in [-0.39, 0.29) is 18.1 Å². The fourth-order valence-corrected chi connectivity index (χ4v) is 3.51. The van der Waals surface area contributed by atoms with E-state index in [0.29, 0.717) is 12.0 Å². The number of methoxy groups -OCH3 is 1. The van der Waals surface area contributed by atoms with Crippen molar-refractivity contribution in [2.24, 2.45) is 5.92 Å². The summed E-state index contributed by atoms with van der Waals surface area (Å²) in [5.74, 6) is 0.245. The van der Waals surface area contributed by atoms with Crippen molar-refractivity contribution in [2.45, 2.75) is 51.7 Å². The van der Waals surface area contributed by atoms with Crippen LogP contribution in [0.3, 0.4) is 0 Å². The first-order valence-corrected chi connectivity index (χ1v) is 7.50. The number of hydrogen-bond donors (Lipinski definition) is 0. The molecule has 3 nitrogen and oxygen atoms in total. The van der Waals surface area contributed by atoms with Crippen LogP contribution in [0.15, 0.2) is 30.3 Å². The maximum Gasteiger partial charge on any atom is 0.323 e. The van der Waals surface area contributed by atoms with E-state index in [1.54, 1.807) is 0 Å². The number of likely N-dealkylation sites (tertiary alicyclic amines) is 1. The lowest BCUT2D eigenvalue weighted by Gasteiger charge is -2.34. The molecule has 1 fully saturated rings. The van der Waals surface area contributed by atoms with Crippen LogP contribution in [0.4, 0.5) is 0 Å². The quantitative estimate of drug-likeness (QED) is 0.789. The van der Waals surface area contributed by atoms with Gasteiger partial charge in [-0.1, -0.05) is 44.2 Å². The van der Waals surface area contributed by atoms with Crippen LogP contribution in [0.25, 0.3) is 0 Å². The maximum atomic E-state index is 12.2. The lowest BCUT2D eigenvalue weighted by atomic mass is 10.0. The molecule has 0 aromatic heterocycles. The van der Waals surface area contributed by atoms with Gasteiger partial charge in [-0.25, -0.2) is 0 Å². The third kappa shape index (κ3) is 2.73. The van der Waals surface area contributed by atoms with E-state index in [1.165, 1.54) is 12.7 Å². The maximum absolute atomic E-state index is 12.2. The first-order valence-electron chi connectivity index (χ1n) is 7.50. The lowest BCUT2D eigenvalue weighted by molar-refractivity contribution is -0.148. The van der Waals surface area contributed by atoms with Crippen LogP contribution in [0.2, 0.25) is 0 Å². The summed E-state index contributed by atoms with van der Waals surface area (Å²) in [7, 11) is 1.49. The number of benzene rings is 1. The van der Waals surface area contributed by atoms with E-state index in [2.05, 4.69) is 49.9 Å². The summed E-state index contributed by atoms with van der Waals surface area (Å²) in [4.78, 5) is 14.5. The van der Waals surface area contributed by atoms with Crippen LogP contribution in [0.1, 0.15) is 45.2 Å². The van der Waals surface area contributed by atoms with Crippen LogP contribution in [0, 0.1) is 5.92 Å². The van der Waals surface area contributed by atoms with Crippen molar-refractivity contribution in [1.29, 1.82) is 0 Å². The number of carbonyl (C=O) groups excluding carboxylic acids is 1. The van der Waals surface area contributed by atoms with Crippen molar-refractivity contribution < 1.29 is 9.53 Å². The molecule has 0 saturated carbocycles. The van der Waals surface area contributed by atoms with Crippen molar-refractivity contribution in [3.63, 3.8) is 0 Å². The Hall–Kier alpha value is -1.35. The molecule has 4 atom stereocenters. The van der Waals surface area contributed by atoms with Gasteiger partial charge in [0.1, 0.15) is 6.04 Å². The normalized spacial score (nSPS) is 28.3. The highest BCUT2D eigenvalue weighted by Crippen LogP contribution is 2.38. The Balaban J connectivity index is 2.30. The predicted octanol–water partition coefficient (Wildman–Crippen LogP) is 3.41. The molecule has 1 aromatic carbocycles. The summed E-state index contributed by atoms with van der Waals surface area (Å²) in [5, 5.41) is 0. The molecule has 110 valence electrons. The topological polar surface area (TPSA) is 29.5 Å². The molecule has 0 aliphatic carbocycles. The summed E-state index contributed by atoms with van der Waals surface area (Å²) < 4.78 is 5.03. The van der Waals surface area contributed by atoms with Gasteiger partial charge in [0.05, 0.1) is 7.11 Å². The van der Waals surface area contributed by atoms with Crippen LogP contribution in [0.5, 0.6) is 0 Å². The minimum atomic E-state index is -0.125. The molecule has 0 N–H and O–H groups in total. The number of carbonyl (C=O) groups is 1. The Bertz CT molecular complexity index is 446. The van der Waals surface area contributed by atoms with E-state index in [9.17, 15) is 4.79 Å². The smallest absolute Gasteiger partial charge is 0.323 e. The number of rotatable bonds is 4. The zero-order chi connectivity index (χ0) is 14.7. The Labute approximate surface area is 121 Å². The van der Waals surface area contributed by atoms with Crippen LogP contribution in [-0.4, -0.2) is 30.1 Å². The summed E-state index contributed by atoms with van der Waals surface area (Å²) in [6.07, 6.45) is 2.13. The molecule has 0 spiro atoms. The van der Waals surface area contributed by atoms with Gasteiger partial charge < -0.3 is 4.74 Å². The summed E-state index contributed by atoms with van der Waals surface area (Å²) in [6, 6.07) is 11.0. The van der Waals surface area contributed by atoms with Gasteiger partial charge in [0.15, 0.2) is 0 Å². The van der Waals surface area contributed by atoms with Gasteiger partial charge in [-0.15, -0.1) is 0 Å². The second-order valence-corrected chi connectivity index (χ2v) is 5.78. The number of hydrogen-bond acceptors (Lipinski definition) is 3. The standard InChI is InChI=1S/C17H25NO2/c1-5-15-11-12(2)16(17(19)20-4)18(15)13(3)14-9-7-6-8-10-14/h6-10,12-13,15-16H,5,11H2,1-4H3/t12-,13-,15+,16+/m1/s1. The minimum absolute atomic E-state index is 0.101. The van der Waals surface area contributed by atoms with Crippen molar-refractivity contribution in [2.75, 3.05) is 7.11 Å². The van der Waals surface area contributed by atoms with E-state index in [0.717, 1.165) is 12.8 Å². The average Bonchev–Trinajstić information content (AvgIpc) is 2.83. The Morgan fingerprint density at radius 3 is 2.60 bits per heavy atom. The molecular formula is C17H25NO2. The second-order valence-electron chi connectivity index (χ2n) is 5.78. The third-order valence-corrected chi connectivity index (χ3v) is 4.57. The van der Waals surface area contributed by atoms with Gasteiger partial charge >= 0.3 is 5.97 Å². The molecule has 20 heavy (non-hydrogen) atoms. The summed E-state index contributed by atoms with van der Waals surface area (Å²) in [6.45, 7) is 6.54. The van der Waals surface area contributed by atoms with Gasteiger partial charge in [0.25, 0.3) is 0 Å². The predicted molar refractivity (Wildman–Crippen MR) is 80.4 cm³/mol. The van der Waals surface area contributed by atoms with Crippen LogP contribution in [-0.2, 0) is 9.53 Å². The van der Waals surface area contributed by atoms with Crippen molar-refractivity contribution in [3.8, 4) is 0 Å². The van der Waals surface area contributed by atoms with Crippen molar-refractivity contribution in [3.05, 3.63) is 35.9 Å². The van der Waals surface area contributed by atoms with Crippen molar-refractivity contribution in [1.82, 2.24) is 4.90 Å². The van der Waals surface area contributed by atoms with E-state index in [1.807, 2.05) is 6.07 Å². The highest BCUT2D eigenvalue weighted by atomic mass is 16.5. The molecule has 1 heterocycles. The Morgan fingerprint density at radius 2 is 2.05 bits per heavy atom. The molecule has 1 aromatic rings. The van der Waals surface area contributed by atoms with Gasteiger partial charge in [-0.3, -0.25) is 9.69 Å². The molecule has 1 aliphatic heterocycles. The molecule has 1 aliphatic rings. The zero-order valence-electron chi connectivity index (χ0n) is 12.9. The molecule has 1 saturated heterocycles. The molecule has 0 amide bonds. The Morgan fingerprint density at radius 1 is 1.40 bits per heavy atom. The van der Waals surface area contributed by atoms with Gasteiger partial charge in [0, 0.05) is 12.1 Å². The first-order chi connectivity index (χ1) is 9.60. The molecule has 0 unspecified atom stereocenters. The molecule has 2 rings (SSSR count). The van der Waals surface area contributed by atoms with Crippen LogP contribution >= 0.6 is 0 Å². The molecule has 0 bridgehead atoms. The first kappa shape index (κ1) is 15.0. The molecular weight excluding hydrogens is 250 g/mol. The van der Waals surface area contributed by atoms with Crippen LogP contribution < -0.4 is 0 Å². The third-order valence-electron chi connectivity index (χ3n) is 4.57. The molecule has 3 heteroatoms. The van der Waals surface area contributed by atoms with Crippen molar-refractivity contribution >= 4 is 5.97 Å². The monoisotopic (exact) mass is 275 g/mol. The van der Waals surface area contributed by atoms with Gasteiger partial charge in [0.2, 0.25) is 0 Å². The lowest BCUT2D eigenvalue weighted by Crippen LogP contribution is -2.44. The van der Waals surface area contributed by atoms with Gasteiger partial charge in [-0.2, -0.15) is 0 Å². The number of esters is 1. The Kier molecular flexibility index (Phi) is 4.81. The summed E-state index contributed by atoms with van der Waals surface area (Å²) in [5.41, 5.74) is 1.26. The fourth-order valence-electron chi connectivity index (χ4n) is 3.51. The summed E-state index contributed by atoms with van der Waals surface area (Å²) >= 11 is 0. The van der Waals surface area contributed by atoms with E-state index < -0.39 is 0 Å². The highest BCUT2D eigenvalue weighted by molar-refractivity contribution is 5.76. The average molecular weight is 275 g/mol. The van der Waals surface area contributed by atoms with E-state index in [4.69, 9.17) is 4.74 Å². The SMILES string of the molecule is CC[C@H]1C[C@@H](C)[C@@H](C(=O)OC)N1[C@H](C)c1ccccc1. The largest absolute Gasteiger partial charge is 0.468 e. The van der Waals surface area contributed by atoms with Gasteiger partial charge in [-0.05, 0) is 31.2 Å². The fraction of sp³-hybridized carbons (Fsp3) is 0.588. The molecule has 0 radical (unpaired) electrons. The highest BCUT2D eigenvalue weighted by Gasteiger charge is 2.45.